The molecule has 96 valence electrons. The predicted molar refractivity (Wildman–Crippen MR) is 75.0 cm³/mol. The number of hydrogen-bond donors (Lipinski definition) is 1. The Morgan fingerprint density at radius 1 is 1.39 bits per heavy atom. The molecule has 0 aliphatic rings. The van der Waals surface area contributed by atoms with E-state index in [1.54, 1.807) is 0 Å². The second-order valence-corrected chi connectivity index (χ2v) is 4.71. The highest BCUT2D eigenvalue weighted by Gasteiger charge is 2.09. The molecule has 0 unspecified atom stereocenters. The molecule has 0 radical (unpaired) electrons. The first kappa shape index (κ1) is 13.0. The monoisotopic (exact) mass is 262 g/mol. The first-order valence-corrected chi connectivity index (χ1v) is 6.69. The molecule has 0 saturated heterocycles. The third-order valence-corrected chi connectivity index (χ3v) is 3.33. The maximum absolute atomic E-state index is 5.32. The van der Waals surface area contributed by atoms with Crippen molar-refractivity contribution >= 4 is 12.2 Å². The van der Waals surface area contributed by atoms with Crippen LogP contribution in [0.3, 0.4) is 0 Å². The number of hydrogen-bond acceptors (Lipinski definition) is 3. The summed E-state index contributed by atoms with van der Waals surface area (Å²) in [6.07, 6.45) is 5.87. The molecule has 18 heavy (non-hydrogen) atoms. The van der Waals surface area contributed by atoms with E-state index in [2.05, 4.69) is 28.9 Å². The molecule has 2 aromatic heterocycles. The van der Waals surface area contributed by atoms with Gasteiger partial charge in [0.1, 0.15) is 10.5 Å². The predicted octanol–water partition coefficient (Wildman–Crippen LogP) is 3.28. The van der Waals surface area contributed by atoms with Crippen LogP contribution in [0.25, 0.3) is 11.3 Å². The summed E-state index contributed by atoms with van der Waals surface area (Å²) in [4.78, 5) is 7.78. The van der Waals surface area contributed by atoms with Crippen LogP contribution in [0.5, 0.6) is 0 Å². The van der Waals surface area contributed by atoms with E-state index in [1.165, 1.54) is 0 Å². The molecule has 0 fully saturated rings. The number of aromatic amines is 1. The fourth-order valence-electron chi connectivity index (χ4n) is 1.89. The first-order valence-electron chi connectivity index (χ1n) is 6.28. The third kappa shape index (κ3) is 2.51. The van der Waals surface area contributed by atoms with Crippen molar-refractivity contribution in [1.29, 1.82) is 0 Å². The van der Waals surface area contributed by atoms with Gasteiger partial charge in [0.25, 0.3) is 0 Å². The Hall–Kier alpha value is -1.49. The average Bonchev–Trinajstić information content (AvgIpc) is 2.82. The van der Waals surface area contributed by atoms with Gasteiger partial charge in [0, 0.05) is 30.3 Å². The molecule has 2 aromatic rings. The van der Waals surface area contributed by atoms with Crippen LogP contribution in [-0.4, -0.2) is 19.7 Å². The molecule has 0 aliphatic carbocycles. The Balaban J connectivity index is 2.51. The SMILES string of the molecule is CCCc1nc(=S)c(C)c(-c2cnn(CC)c2)[nH]1. The Morgan fingerprint density at radius 3 is 2.78 bits per heavy atom. The van der Waals surface area contributed by atoms with E-state index < -0.39 is 0 Å². The maximum Gasteiger partial charge on any atom is 0.133 e. The summed E-state index contributed by atoms with van der Waals surface area (Å²) in [6, 6.07) is 0. The minimum atomic E-state index is 0.677. The lowest BCUT2D eigenvalue weighted by Crippen LogP contribution is -2.00. The largest absolute Gasteiger partial charge is 0.343 e. The second kappa shape index (κ2) is 5.44. The molecular formula is C13H18N4S. The summed E-state index contributed by atoms with van der Waals surface area (Å²) in [5.74, 6) is 0.951. The van der Waals surface area contributed by atoms with E-state index >= 15 is 0 Å². The summed E-state index contributed by atoms with van der Waals surface area (Å²) < 4.78 is 2.59. The summed E-state index contributed by atoms with van der Waals surface area (Å²) >= 11 is 5.32. The van der Waals surface area contributed by atoms with Gasteiger partial charge in [0.2, 0.25) is 0 Å². The van der Waals surface area contributed by atoms with Crippen molar-refractivity contribution in [2.45, 2.75) is 40.2 Å². The molecule has 0 aromatic carbocycles. The van der Waals surface area contributed by atoms with Gasteiger partial charge in [0.05, 0.1) is 11.9 Å². The van der Waals surface area contributed by atoms with Crippen LogP contribution in [0.15, 0.2) is 12.4 Å². The van der Waals surface area contributed by atoms with Crippen LogP contribution in [0.2, 0.25) is 0 Å². The fourth-order valence-corrected chi connectivity index (χ4v) is 2.10. The Labute approximate surface area is 112 Å². The molecular weight excluding hydrogens is 244 g/mol. The van der Waals surface area contributed by atoms with Gasteiger partial charge < -0.3 is 4.98 Å². The van der Waals surface area contributed by atoms with Gasteiger partial charge in [-0.1, -0.05) is 19.1 Å². The van der Waals surface area contributed by atoms with E-state index in [1.807, 2.05) is 24.0 Å². The summed E-state index contributed by atoms with van der Waals surface area (Å²) in [5, 5.41) is 4.30. The number of rotatable bonds is 4. The van der Waals surface area contributed by atoms with Crippen LogP contribution in [0, 0.1) is 11.6 Å². The summed E-state index contributed by atoms with van der Waals surface area (Å²) in [7, 11) is 0. The molecule has 5 heteroatoms. The lowest BCUT2D eigenvalue weighted by atomic mass is 10.1. The van der Waals surface area contributed by atoms with Crippen LogP contribution < -0.4 is 0 Å². The topological polar surface area (TPSA) is 46.5 Å². The molecule has 0 bridgehead atoms. The fraction of sp³-hybridized carbons (Fsp3) is 0.462. The van der Waals surface area contributed by atoms with Crippen molar-refractivity contribution in [3.05, 3.63) is 28.4 Å². The number of nitrogens with one attached hydrogen (secondary N) is 1. The van der Waals surface area contributed by atoms with Crippen LogP contribution in [-0.2, 0) is 13.0 Å². The smallest absolute Gasteiger partial charge is 0.133 e. The Bertz CT molecular complexity index is 597. The van der Waals surface area contributed by atoms with Gasteiger partial charge >= 0.3 is 0 Å². The van der Waals surface area contributed by atoms with Crippen molar-refractivity contribution in [1.82, 2.24) is 19.7 Å². The second-order valence-electron chi connectivity index (χ2n) is 4.32. The Morgan fingerprint density at radius 2 is 2.17 bits per heavy atom. The van der Waals surface area contributed by atoms with E-state index in [0.29, 0.717) is 4.64 Å². The van der Waals surface area contributed by atoms with Gasteiger partial charge in [-0.2, -0.15) is 5.10 Å². The van der Waals surface area contributed by atoms with E-state index in [-0.39, 0.29) is 0 Å². The third-order valence-electron chi connectivity index (χ3n) is 2.93. The summed E-state index contributed by atoms with van der Waals surface area (Å²) in [5.41, 5.74) is 3.12. The van der Waals surface area contributed by atoms with Gasteiger partial charge in [-0.25, -0.2) is 4.98 Å². The number of H-pyrrole nitrogens is 1. The minimum absolute atomic E-state index is 0.677. The van der Waals surface area contributed by atoms with Crippen LogP contribution in [0.1, 0.15) is 31.7 Å². The number of aromatic nitrogens is 4. The van der Waals surface area contributed by atoms with Crippen LogP contribution >= 0.6 is 12.2 Å². The van der Waals surface area contributed by atoms with Crippen molar-refractivity contribution in [2.75, 3.05) is 0 Å². The van der Waals surface area contributed by atoms with Crippen molar-refractivity contribution in [3.8, 4) is 11.3 Å². The van der Waals surface area contributed by atoms with Crippen molar-refractivity contribution in [3.63, 3.8) is 0 Å². The van der Waals surface area contributed by atoms with Gasteiger partial charge in [-0.15, -0.1) is 0 Å². The minimum Gasteiger partial charge on any atom is -0.343 e. The molecule has 0 amide bonds. The molecule has 2 heterocycles. The van der Waals surface area contributed by atoms with E-state index in [0.717, 1.165) is 42.0 Å². The molecule has 1 N–H and O–H groups in total. The van der Waals surface area contributed by atoms with Gasteiger partial charge in [-0.3, -0.25) is 4.68 Å². The molecule has 0 spiro atoms. The molecule has 0 aliphatic heterocycles. The highest BCUT2D eigenvalue weighted by molar-refractivity contribution is 7.71. The normalized spacial score (nSPS) is 10.8. The van der Waals surface area contributed by atoms with E-state index in [4.69, 9.17) is 12.2 Å². The zero-order valence-corrected chi connectivity index (χ0v) is 11.8. The average molecular weight is 262 g/mol. The van der Waals surface area contributed by atoms with Gasteiger partial charge in [-0.05, 0) is 20.3 Å². The van der Waals surface area contributed by atoms with E-state index in [9.17, 15) is 0 Å². The standard InChI is InChI=1S/C13H18N4S/c1-4-6-11-15-12(9(3)13(18)16-11)10-7-14-17(5-2)8-10/h7-8H,4-6H2,1-3H3,(H,15,16,18). The van der Waals surface area contributed by atoms with Crippen molar-refractivity contribution in [2.24, 2.45) is 0 Å². The number of aryl methyl sites for hydroxylation is 2. The summed E-state index contributed by atoms with van der Waals surface area (Å²) in [6.45, 7) is 7.07. The lowest BCUT2D eigenvalue weighted by Gasteiger charge is -2.07. The quantitative estimate of drug-likeness (QED) is 0.860. The number of nitrogens with zero attached hydrogens (tertiary/aromatic N) is 3. The highest BCUT2D eigenvalue weighted by Crippen LogP contribution is 2.21. The zero-order chi connectivity index (χ0) is 13.1. The van der Waals surface area contributed by atoms with Gasteiger partial charge in [0.15, 0.2) is 0 Å². The zero-order valence-electron chi connectivity index (χ0n) is 11.0. The molecule has 4 nitrogen and oxygen atoms in total. The maximum atomic E-state index is 5.32. The lowest BCUT2D eigenvalue weighted by molar-refractivity contribution is 0.660. The highest BCUT2D eigenvalue weighted by atomic mass is 32.1. The molecule has 2 rings (SSSR count). The first-order chi connectivity index (χ1) is 8.65. The molecule has 0 saturated carbocycles. The van der Waals surface area contributed by atoms with Crippen molar-refractivity contribution < 1.29 is 0 Å². The van der Waals surface area contributed by atoms with Crippen LogP contribution in [0.4, 0.5) is 0 Å². The Kier molecular flexibility index (Phi) is 3.91. The molecule has 0 atom stereocenters.